The fourth-order valence-electron chi connectivity index (χ4n) is 1.96. The molecular weight excluding hydrogens is 226 g/mol. The fraction of sp³-hybridized carbons (Fsp3) is 0.600. The van der Waals surface area contributed by atoms with Crippen molar-refractivity contribution in [3.05, 3.63) is 24.3 Å². The van der Waals surface area contributed by atoms with Crippen molar-refractivity contribution >= 4 is 0 Å². The molecule has 0 saturated carbocycles. The Morgan fingerprint density at radius 1 is 1.11 bits per heavy atom. The van der Waals surface area contributed by atoms with Gasteiger partial charge in [0.15, 0.2) is 0 Å². The maximum absolute atomic E-state index is 5.79. The predicted molar refractivity (Wildman–Crippen MR) is 75.1 cm³/mol. The third kappa shape index (κ3) is 5.41. The maximum atomic E-state index is 5.79. The third-order valence-corrected chi connectivity index (χ3v) is 2.78. The second-order valence-electron chi connectivity index (χ2n) is 5.85. The highest BCUT2D eigenvalue weighted by Gasteiger charge is 2.18. The standard InChI is InChI=1S/C15H25NO2/c1-15(2,3)9-12(10-16)11-18-14-7-5-13(17-4)6-8-14/h5-8,12H,9-11,16H2,1-4H3. The number of methoxy groups -OCH3 is 1. The van der Waals surface area contributed by atoms with Crippen LogP contribution in [-0.2, 0) is 0 Å². The summed E-state index contributed by atoms with van der Waals surface area (Å²) in [7, 11) is 1.66. The number of benzene rings is 1. The molecule has 3 heteroatoms. The van der Waals surface area contributed by atoms with Gasteiger partial charge in [-0.25, -0.2) is 0 Å². The first-order valence-corrected chi connectivity index (χ1v) is 6.41. The van der Waals surface area contributed by atoms with Crippen LogP contribution in [0.1, 0.15) is 27.2 Å². The highest BCUT2D eigenvalue weighted by atomic mass is 16.5. The molecule has 0 amide bonds. The molecule has 0 aliphatic carbocycles. The van der Waals surface area contributed by atoms with Crippen LogP contribution in [0.25, 0.3) is 0 Å². The zero-order valence-corrected chi connectivity index (χ0v) is 11.9. The van der Waals surface area contributed by atoms with Crippen LogP contribution in [-0.4, -0.2) is 20.3 Å². The van der Waals surface area contributed by atoms with Crippen LogP contribution in [0.2, 0.25) is 0 Å². The number of rotatable bonds is 6. The van der Waals surface area contributed by atoms with Gasteiger partial charge in [0.25, 0.3) is 0 Å². The topological polar surface area (TPSA) is 44.5 Å². The van der Waals surface area contributed by atoms with Crippen LogP contribution in [0.5, 0.6) is 11.5 Å². The molecule has 18 heavy (non-hydrogen) atoms. The molecular formula is C15H25NO2. The molecule has 1 aromatic carbocycles. The summed E-state index contributed by atoms with van der Waals surface area (Å²) in [5, 5.41) is 0. The number of hydrogen-bond acceptors (Lipinski definition) is 3. The number of ether oxygens (including phenoxy) is 2. The average molecular weight is 251 g/mol. The fourth-order valence-corrected chi connectivity index (χ4v) is 1.96. The number of nitrogens with two attached hydrogens (primary N) is 1. The van der Waals surface area contributed by atoms with E-state index < -0.39 is 0 Å². The van der Waals surface area contributed by atoms with Crippen molar-refractivity contribution in [1.29, 1.82) is 0 Å². The molecule has 0 heterocycles. The van der Waals surface area contributed by atoms with Crippen LogP contribution in [0.15, 0.2) is 24.3 Å². The minimum atomic E-state index is 0.285. The molecule has 0 spiro atoms. The van der Waals surface area contributed by atoms with Crippen molar-refractivity contribution < 1.29 is 9.47 Å². The minimum Gasteiger partial charge on any atom is -0.497 e. The summed E-state index contributed by atoms with van der Waals surface area (Å²) in [6.07, 6.45) is 1.07. The summed E-state index contributed by atoms with van der Waals surface area (Å²) >= 11 is 0. The van der Waals surface area contributed by atoms with E-state index in [9.17, 15) is 0 Å². The molecule has 3 nitrogen and oxygen atoms in total. The van der Waals surface area contributed by atoms with Gasteiger partial charge in [-0.3, -0.25) is 0 Å². The van der Waals surface area contributed by atoms with Crippen LogP contribution >= 0.6 is 0 Å². The van der Waals surface area contributed by atoms with E-state index in [0.29, 0.717) is 19.1 Å². The van der Waals surface area contributed by atoms with Crippen molar-refractivity contribution in [3.63, 3.8) is 0 Å². The van der Waals surface area contributed by atoms with Gasteiger partial charge in [0.05, 0.1) is 13.7 Å². The molecule has 0 aliphatic heterocycles. The summed E-state index contributed by atoms with van der Waals surface area (Å²) in [4.78, 5) is 0. The molecule has 1 rings (SSSR count). The zero-order chi connectivity index (χ0) is 13.6. The van der Waals surface area contributed by atoms with E-state index >= 15 is 0 Å². The lowest BCUT2D eigenvalue weighted by Crippen LogP contribution is -2.26. The van der Waals surface area contributed by atoms with Crippen molar-refractivity contribution in [1.82, 2.24) is 0 Å². The average Bonchev–Trinajstić information content (AvgIpc) is 2.33. The van der Waals surface area contributed by atoms with Gasteiger partial charge >= 0.3 is 0 Å². The smallest absolute Gasteiger partial charge is 0.119 e. The quantitative estimate of drug-likeness (QED) is 0.845. The van der Waals surface area contributed by atoms with Crippen molar-refractivity contribution in [2.45, 2.75) is 27.2 Å². The summed E-state index contributed by atoms with van der Waals surface area (Å²) in [5.74, 6) is 2.10. The van der Waals surface area contributed by atoms with E-state index in [4.69, 9.17) is 15.2 Å². The summed E-state index contributed by atoms with van der Waals surface area (Å²) in [6.45, 7) is 8.00. The van der Waals surface area contributed by atoms with Crippen LogP contribution in [0.4, 0.5) is 0 Å². The zero-order valence-electron chi connectivity index (χ0n) is 11.9. The predicted octanol–water partition coefficient (Wildman–Crippen LogP) is 3.09. The highest BCUT2D eigenvalue weighted by Crippen LogP contribution is 2.25. The first kappa shape index (κ1) is 14.8. The highest BCUT2D eigenvalue weighted by molar-refractivity contribution is 5.31. The van der Waals surface area contributed by atoms with Crippen LogP contribution < -0.4 is 15.2 Å². The van der Waals surface area contributed by atoms with Gasteiger partial charge < -0.3 is 15.2 Å². The Hall–Kier alpha value is -1.22. The molecule has 1 aromatic rings. The Morgan fingerprint density at radius 2 is 1.67 bits per heavy atom. The Bertz CT molecular complexity index is 341. The van der Waals surface area contributed by atoms with E-state index in [1.807, 2.05) is 24.3 Å². The van der Waals surface area contributed by atoms with E-state index in [1.54, 1.807) is 7.11 Å². The maximum Gasteiger partial charge on any atom is 0.119 e. The number of hydrogen-bond donors (Lipinski definition) is 1. The van der Waals surface area contributed by atoms with Gasteiger partial charge in [0, 0.05) is 5.92 Å². The van der Waals surface area contributed by atoms with Gasteiger partial charge in [-0.2, -0.15) is 0 Å². The molecule has 0 saturated heterocycles. The molecule has 102 valence electrons. The molecule has 0 aliphatic rings. The largest absolute Gasteiger partial charge is 0.497 e. The van der Waals surface area contributed by atoms with Crippen LogP contribution in [0, 0.1) is 11.3 Å². The van der Waals surface area contributed by atoms with Gasteiger partial charge in [-0.15, -0.1) is 0 Å². The van der Waals surface area contributed by atoms with E-state index in [0.717, 1.165) is 17.9 Å². The summed E-state index contributed by atoms with van der Waals surface area (Å²) < 4.78 is 10.9. The molecule has 2 N–H and O–H groups in total. The van der Waals surface area contributed by atoms with Gasteiger partial charge in [-0.05, 0) is 42.6 Å². The summed E-state index contributed by atoms with van der Waals surface area (Å²) in [6, 6.07) is 7.64. The van der Waals surface area contributed by atoms with Gasteiger partial charge in [0.2, 0.25) is 0 Å². The molecule has 1 unspecified atom stereocenters. The molecule has 0 fully saturated rings. The third-order valence-electron chi connectivity index (χ3n) is 2.78. The second kappa shape index (κ2) is 6.64. The first-order chi connectivity index (χ1) is 8.44. The monoisotopic (exact) mass is 251 g/mol. The first-order valence-electron chi connectivity index (χ1n) is 6.41. The Labute approximate surface area is 110 Å². The van der Waals surface area contributed by atoms with Crippen molar-refractivity contribution in [2.75, 3.05) is 20.3 Å². The van der Waals surface area contributed by atoms with E-state index in [2.05, 4.69) is 20.8 Å². The van der Waals surface area contributed by atoms with E-state index in [1.165, 1.54) is 0 Å². The van der Waals surface area contributed by atoms with E-state index in [-0.39, 0.29) is 5.41 Å². The lowest BCUT2D eigenvalue weighted by atomic mass is 9.85. The Morgan fingerprint density at radius 3 is 2.11 bits per heavy atom. The second-order valence-corrected chi connectivity index (χ2v) is 5.85. The molecule has 0 radical (unpaired) electrons. The Kier molecular flexibility index (Phi) is 5.48. The van der Waals surface area contributed by atoms with Crippen LogP contribution in [0.3, 0.4) is 0 Å². The van der Waals surface area contributed by atoms with Gasteiger partial charge in [-0.1, -0.05) is 20.8 Å². The van der Waals surface area contributed by atoms with Gasteiger partial charge in [0.1, 0.15) is 11.5 Å². The lowest BCUT2D eigenvalue weighted by Gasteiger charge is -2.25. The Balaban J connectivity index is 2.46. The summed E-state index contributed by atoms with van der Waals surface area (Å²) in [5.41, 5.74) is 6.07. The minimum absolute atomic E-state index is 0.285. The molecule has 0 aromatic heterocycles. The lowest BCUT2D eigenvalue weighted by molar-refractivity contribution is 0.199. The normalized spacial score (nSPS) is 13.2. The SMILES string of the molecule is COc1ccc(OCC(CN)CC(C)(C)C)cc1. The van der Waals surface area contributed by atoms with Crippen molar-refractivity contribution in [2.24, 2.45) is 17.1 Å². The van der Waals surface area contributed by atoms with Crippen molar-refractivity contribution in [3.8, 4) is 11.5 Å². The molecule has 1 atom stereocenters. The molecule has 0 bridgehead atoms.